The summed E-state index contributed by atoms with van der Waals surface area (Å²) in [6.07, 6.45) is 2.27. The number of aromatic nitrogens is 3. The van der Waals surface area contributed by atoms with Gasteiger partial charge in [-0.25, -0.2) is 0 Å². The molecular weight excluding hydrogens is 338 g/mol. The van der Waals surface area contributed by atoms with Crippen molar-refractivity contribution in [2.24, 2.45) is 11.8 Å². The van der Waals surface area contributed by atoms with E-state index in [0.717, 1.165) is 25.9 Å². The molecule has 1 spiro atoms. The second-order valence-electron chi connectivity index (χ2n) is 7.56. The number of fused-ring (bicyclic) bond motifs is 1. The lowest BCUT2D eigenvalue weighted by Gasteiger charge is -2.29. The van der Waals surface area contributed by atoms with Gasteiger partial charge in [0, 0.05) is 37.9 Å². The predicted octanol–water partition coefficient (Wildman–Crippen LogP) is 1.09. The lowest BCUT2D eigenvalue weighted by Crippen LogP contribution is -2.42. The van der Waals surface area contributed by atoms with E-state index in [1.165, 1.54) is 0 Å². The van der Waals surface area contributed by atoms with Gasteiger partial charge in [-0.3, -0.25) is 4.79 Å². The van der Waals surface area contributed by atoms with E-state index < -0.39 is 0 Å². The smallest absolute Gasteiger partial charge is 0.273 e. The van der Waals surface area contributed by atoms with Crippen LogP contribution >= 0.6 is 0 Å². The molecule has 3 aliphatic heterocycles. The first-order valence-electron chi connectivity index (χ1n) is 8.99. The van der Waals surface area contributed by atoms with Gasteiger partial charge in [-0.05, 0) is 24.9 Å². The van der Waals surface area contributed by atoms with E-state index in [2.05, 4.69) is 25.5 Å². The highest BCUT2D eigenvalue weighted by molar-refractivity contribution is 5.92. The molecule has 5 heterocycles. The van der Waals surface area contributed by atoms with Gasteiger partial charge in [0.1, 0.15) is 5.76 Å². The van der Waals surface area contributed by atoms with Crippen molar-refractivity contribution < 1.29 is 18.6 Å². The lowest BCUT2D eigenvalue weighted by molar-refractivity contribution is 0.0141. The van der Waals surface area contributed by atoms with Gasteiger partial charge in [-0.15, -0.1) is 0 Å². The predicted molar refractivity (Wildman–Crippen MR) is 88.6 cm³/mol. The van der Waals surface area contributed by atoms with Crippen molar-refractivity contribution in [3.05, 3.63) is 23.4 Å². The fourth-order valence-electron chi connectivity index (χ4n) is 4.81. The van der Waals surface area contributed by atoms with Gasteiger partial charge in [-0.1, -0.05) is 5.16 Å². The number of hydrogen-bond acceptors (Lipinski definition) is 8. The van der Waals surface area contributed by atoms with E-state index in [9.17, 15) is 4.79 Å². The highest BCUT2D eigenvalue weighted by atomic mass is 16.5. The highest BCUT2D eigenvalue weighted by Crippen LogP contribution is 2.54. The Morgan fingerprint density at radius 2 is 2.27 bits per heavy atom. The molecule has 0 radical (unpaired) electrons. The van der Waals surface area contributed by atoms with Gasteiger partial charge in [0.25, 0.3) is 11.9 Å². The van der Waals surface area contributed by atoms with Gasteiger partial charge in [0.15, 0.2) is 5.69 Å². The third-order valence-electron chi connectivity index (χ3n) is 5.94. The average molecular weight is 359 g/mol. The Balaban J connectivity index is 1.29. The van der Waals surface area contributed by atoms with Crippen LogP contribution in [-0.4, -0.2) is 52.5 Å². The number of nitrogens with zero attached hydrogens (tertiary/aromatic N) is 4. The molecule has 0 aliphatic carbocycles. The number of aryl methyl sites for hydroxylation is 2. The van der Waals surface area contributed by atoms with E-state index in [1.807, 2.05) is 0 Å². The first kappa shape index (κ1) is 15.8. The van der Waals surface area contributed by atoms with Crippen LogP contribution in [0, 0.1) is 25.7 Å². The van der Waals surface area contributed by atoms with Crippen LogP contribution < -0.4 is 10.2 Å². The van der Waals surface area contributed by atoms with Crippen molar-refractivity contribution in [2.75, 3.05) is 24.5 Å². The number of nitrogens with one attached hydrogen (secondary N) is 1. The maximum atomic E-state index is 12.3. The van der Waals surface area contributed by atoms with Gasteiger partial charge in [-0.2, -0.15) is 4.98 Å². The third kappa shape index (κ3) is 2.33. The van der Waals surface area contributed by atoms with Crippen molar-refractivity contribution in [1.82, 2.24) is 20.6 Å². The summed E-state index contributed by atoms with van der Waals surface area (Å²) in [7, 11) is 0. The Bertz CT molecular complexity index is 848. The average Bonchev–Trinajstić information content (AvgIpc) is 3.38. The zero-order valence-corrected chi connectivity index (χ0v) is 14.8. The summed E-state index contributed by atoms with van der Waals surface area (Å²) in [5, 5.41) is 10.8. The van der Waals surface area contributed by atoms with Crippen LogP contribution in [0.15, 0.2) is 15.1 Å². The molecular formula is C17H21N5O4. The van der Waals surface area contributed by atoms with Gasteiger partial charge in [0.05, 0.1) is 18.2 Å². The second-order valence-corrected chi connectivity index (χ2v) is 7.56. The van der Waals surface area contributed by atoms with E-state index in [-0.39, 0.29) is 23.5 Å². The van der Waals surface area contributed by atoms with Gasteiger partial charge in [0.2, 0.25) is 5.89 Å². The Morgan fingerprint density at radius 3 is 3.00 bits per heavy atom. The second kappa shape index (κ2) is 5.54. The third-order valence-corrected chi connectivity index (χ3v) is 5.94. The lowest BCUT2D eigenvalue weighted by atomic mass is 9.73. The molecule has 1 N–H and O–H groups in total. The number of carbonyl (C=O) groups is 1. The van der Waals surface area contributed by atoms with E-state index in [4.69, 9.17) is 13.8 Å². The molecule has 9 nitrogen and oxygen atoms in total. The monoisotopic (exact) mass is 359 g/mol. The largest absolute Gasteiger partial charge is 0.369 e. The first-order valence-corrected chi connectivity index (χ1v) is 8.99. The van der Waals surface area contributed by atoms with Crippen LogP contribution in [0.5, 0.6) is 0 Å². The molecule has 138 valence electrons. The van der Waals surface area contributed by atoms with Crippen LogP contribution in [0.4, 0.5) is 5.95 Å². The topological polar surface area (TPSA) is 107 Å². The van der Waals surface area contributed by atoms with Crippen molar-refractivity contribution in [3.63, 3.8) is 0 Å². The van der Waals surface area contributed by atoms with Crippen LogP contribution in [-0.2, 0) is 4.74 Å². The Labute approximate surface area is 150 Å². The van der Waals surface area contributed by atoms with Gasteiger partial charge >= 0.3 is 0 Å². The van der Waals surface area contributed by atoms with Crippen molar-refractivity contribution in [2.45, 2.75) is 38.4 Å². The number of ether oxygens (including phenoxy) is 1. The number of amides is 1. The zero-order chi connectivity index (χ0) is 17.9. The summed E-state index contributed by atoms with van der Waals surface area (Å²) in [6, 6.07) is 1.64. The molecule has 0 aromatic carbocycles. The van der Waals surface area contributed by atoms with Crippen LogP contribution in [0.3, 0.4) is 0 Å². The number of anilines is 1. The summed E-state index contributed by atoms with van der Waals surface area (Å²) in [5.41, 5.74) is 0.163. The minimum atomic E-state index is -0.206. The minimum Gasteiger partial charge on any atom is -0.369 e. The molecule has 9 heteroatoms. The molecule has 2 aromatic heterocycles. The van der Waals surface area contributed by atoms with Crippen molar-refractivity contribution >= 4 is 11.9 Å². The normalized spacial score (nSPS) is 32.2. The molecule has 0 saturated carbocycles. The molecule has 2 bridgehead atoms. The quantitative estimate of drug-likeness (QED) is 0.864. The molecule has 2 aromatic rings. The highest BCUT2D eigenvalue weighted by Gasteiger charge is 2.63. The van der Waals surface area contributed by atoms with Crippen LogP contribution in [0.25, 0.3) is 0 Å². The standard InChI is InChI=1S/C17H21N5O4/c1-9-5-13(20-25-9)15(23)18-6-11-12-7-22(16-19-10(2)26-21-16)8-17(12)4-3-14(11)24-17/h5,11-12,14H,3-4,6-8H2,1-2H3,(H,18,23)/t11-,12+,14+,17+/m0/s1. The maximum absolute atomic E-state index is 12.3. The fourth-order valence-corrected chi connectivity index (χ4v) is 4.81. The summed E-state index contributed by atoms with van der Waals surface area (Å²) >= 11 is 0. The molecule has 3 fully saturated rings. The molecule has 4 atom stereocenters. The summed E-state index contributed by atoms with van der Waals surface area (Å²) in [4.78, 5) is 18.8. The molecule has 26 heavy (non-hydrogen) atoms. The Kier molecular flexibility index (Phi) is 3.37. The number of carbonyl (C=O) groups excluding carboxylic acids is 1. The van der Waals surface area contributed by atoms with E-state index >= 15 is 0 Å². The van der Waals surface area contributed by atoms with Crippen molar-refractivity contribution in [1.29, 1.82) is 0 Å². The van der Waals surface area contributed by atoms with E-state index in [0.29, 0.717) is 35.8 Å². The SMILES string of the molecule is Cc1cc(C(=O)NC[C@H]2[C@H]3CN(c4noc(C)n4)C[C@]34CC[C@H]2O4)no1. The minimum absolute atomic E-state index is 0.154. The molecule has 1 amide bonds. The summed E-state index contributed by atoms with van der Waals surface area (Å²) in [6.45, 7) is 5.72. The van der Waals surface area contributed by atoms with Crippen molar-refractivity contribution in [3.8, 4) is 0 Å². The maximum Gasteiger partial charge on any atom is 0.273 e. The summed E-state index contributed by atoms with van der Waals surface area (Å²) < 4.78 is 16.5. The first-order chi connectivity index (χ1) is 12.5. The number of rotatable bonds is 4. The molecule has 5 rings (SSSR count). The van der Waals surface area contributed by atoms with Crippen LogP contribution in [0.2, 0.25) is 0 Å². The summed E-state index contributed by atoms with van der Waals surface area (Å²) in [5.74, 6) is 2.23. The Morgan fingerprint density at radius 1 is 1.38 bits per heavy atom. The molecule has 3 aliphatic rings. The zero-order valence-electron chi connectivity index (χ0n) is 14.8. The number of hydrogen-bond donors (Lipinski definition) is 1. The van der Waals surface area contributed by atoms with Gasteiger partial charge < -0.3 is 24.0 Å². The van der Waals surface area contributed by atoms with Crippen LogP contribution in [0.1, 0.15) is 35.0 Å². The molecule has 0 unspecified atom stereocenters. The molecule has 3 saturated heterocycles. The van der Waals surface area contributed by atoms with E-state index in [1.54, 1.807) is 19.9 Å². The fraction of sp³-hybridized carbons (Fsp3) is 0.647. The Hall–Kier alpha value is -2.42.